The number of anilines is 1. The van der Waals surface area contributed by atoms with E-state index in [0.29, 0.717) is 6.04 Å². The lowest BCUT2D eigenvalue weighted by molar-refractivity contribution is -0.115. The fourth-order valence-corrected chi connectivity index (χ4v) is 3.43. The van der Waals surface area contributed by atoms with Crippen LogP contribution in [0.4, 0.5) is 5.69 Å². The van der Waals surface area contributed by atoms with Crippen LogP contribution in [0.2, 0.25) is 0 Å². The van der Waals surface area contributed by atoms with Gasteiger partial charge in [0.15, 0.2) is 5.16 Å². The second-order valence-corrected chi connectivity index (χ2v) is 7.24. The Labute approximate surface area is 140 Å². The third-order valence-electron chi connectivity index (χ3n) is 4.03. The third kappa shape index (κ3) is 3.75. The monoisotopic (exact) mass is 330 g/mol. The fourth-order valence-electron chi connectivity index (χ4n) is 2.46. The van der Waals surface area contributed by atoms with Gasteiger partial charge in [0.05, 0.1) is 5.25 Å². The van der Waals surface area contributed by atoms with E-state index in [2.05, 4.69) is 27.0 Å². The molecule has 2 aromatic rings. The number of benzene rings is 1. The van der Waals surface area contributed by atoms with E-state index < -0.39 is 0 Å². The number of carbonyl (C=O) groups is 1. The normalized spacial score (nSPS) is 15.4. The van der Waals surface area contributed by atoms with E-state index in [1.54, 1.807) is 0 Å². The number of amides is 1. The molecule has 0 unspecified atom stereocenters. The lowest BCUT2D eigenvalue weighted by Gasteiger charge is -2.13. The molecule has 1 aromatic carbocycles. The second kappa shape index (κ2) is 6.74. The number of hydrogen-bond donors (Lipinski definition) is 1. The van der Waals surface area contributed by atoms with Crippen molar-refractivity contribution < 1.29 is 4.79 Å². The minimum Gasteiger partial charge on any atom is -0.325 e. The van der Waals surface area contributed by atoms with Crippen LogP contribution in [-0.4, -0.2) is 25.9 Å². The summed E-state index contributed by atoms with van der Waals surface area (Å²) in [7, 11) is 0. The Morgan fingerprint density at radius 1 is 1.35 bits per heavy atom. The molecule has 3 rings (SSSR count). The molecular weight excluding hydrogens is 308 g/mol. The highest BCUT2D eigenvalue weighted by atomic mass is 32.2. The topological polar surface area (TPSA) is 59.8 Å². The largest absolute Gasteiger partial charge is 0.325 e. The summed E-state index contributed by atoms with van der Waals surface area (Å²) in [5.41, 5.74) is 2.10. The third-order valence-corrected chi connectivity index (χ3v) is 5.08. The van der Waals surface area contributed by atoms with Gasteiger partial charge in [-0.15, -0.1) is 10.2 Å². The molecule has 0 saturated heterocycles. The van der Waals surface area contributed by atoms with E-state index in [9.17, 15) is 4.79 Å². The molecule has 5 nitrogen and oxygen atoms in total. The van der Waals surface area contributed by atoms with Gasteiger partial charge in [0.2, 0.25) is 5.91 Å². The van der Waals surface area contributed by atoms with Crippen LogP contribution < -0.4 is 5.32 Å². The molecule has 1 fully saturated rings. The molecule has 1 saturated carbocycles. The number of carbonyl (C=O) groups excluding carboxylic acids is 1. The van der Waals surface area contributed by atoms with Crippen molar-refractivity contribution in [1.82, 2.24) is 14.8 Å². The van der Waals surface area contributed by atoms with Gasteiger partial charge in [0, 0.05) is 11.7 Å². The minimum absolute atomic E-state index is 0.0118. The Bertz CT molecular complexity index is 691. The maximum Gasteiger partial charge on any atom is 0.237 e. The quantitative estimate of drug-likeness (QED) is 0.822. The van der Waals surface area contributed by atoms with E-state index in [0.717, 1.165) is 23.1 Å². The molecule has 1 aliphatic rings. The smallest absolute Gasteiger partial charge is 0.237 e. The van der Waals surface area contributed by atoms with Gasteiger partial charge >= 0.3 is 0 Å². The number of aromatic nitrogens is 3. The minimum atomic E-state index is -0.220. The SMILES string of the molecule is CCc1ccc(NC(=O)[C@H](C)Sc2nnc(C)n2C2CC2)cc1. The molecule has 0 aliphatic heterocycles. The highest BCUT2D eigenvalue weighted by Gasteiger charge is 2.29. The lowest BCUT2D eigenvalue weighted by atomic mass is 10.1. The van der Waals surface area contributed by atoms with Crippen LogP contribution in [0.15, 0.2) is 29.4 Å². The van der Waals surface area contributed by atoms with Crippen LogP contribution in [0.1, 0.15) is 44.1 Å². The molecule has 1 aliphatic carbocycles. The predicted molar refractivity (Wildman–Crippen MR) is 92.8 cm³/mol. The van der Waals surface area contributed by atoms with Gasteiger partial charge in [0.25, 0.3) is 0 Å². The summed E-state index contributed by atoms with van der Waals surface area (Å²) < 4.78 is 2.16. The Morgan fingerprint density at radius 3 is 2.65 bits per heavy atom. The number of thioether (sulfide) groups is 1. The number of hydrogen-bond acceptors (Lipinski definition) is 4. The van der Waals surface area contributed by atoms with Crippen molar-refractivity contribution in [2.45, 2.75) is 56.5 Å². The van der Waals surface area contributed by atoms with Crippen LogP contribution in [0, 0.1) is 6.92 Å². The van der Waals surface area contributed by atoms with Crippen LogP contribution in [-0.2, 0) is 11.2 Å². The van der Waals surface area contributed by atoms with Crippen LogP contribution in [0.5, 0.6) is 0 Å². The van der Waals surface area contributed by atoms with Crippen molar-refractivity contribution in [2.75, 3.05) is 5.32 Å². The maximum absolute atomic E-state index is 12.4. The average Bonchev–Trinajstić information content (AvgIpc) is 3.32. The van der Waals surface area contributed by atoms with Crippen molar-refractivity contribution in [3.05, 3.63) is 35.7 Å². The van der Waals surface area contributed by atoms with Gasteiger partial charge in [0.1, 0.15) is 5.82 Å². The van der Waals surface area contributed by atoms with Crippen molar-refractivity contribution in [2.24, 2.45) is 0 Å². The van der Waals surface area contributed by atoms with Crippen LogP contribution in [0.25, 0.3) is 0 Å². The molecule has 1 heterocycles. The van der Waals surface area contributed by atoms with Crippen LogP contribution >= 0.6 is 11.8 Å². The first-order chi connectivity index (χ1) is 11.1. The summed E-state index contributed by atoms with van der Waals surface area (Å²) in [4.78, 5) is 12.4. The summed E-state index contributed by atoms with van der Waals surface area (Å²) in [6.45, 7) is 5.99. The first-order valence-corrected chi connectivity index (χ1v) is 8.94. The van der Waals surface area contributed by atoms with Crippen molar-refractivity contribution in [1.29, 1.82) is 0 Å². The van der Waals surface area contributed by atoms with Gasteiger partial charge < -0.3 is 9.88 Å². The van der Waals surface area contributed by atoms with E-state index in [4.69, 9.17) is 0 Å². The molecule has 1 amide bonds. The number of aryl methyl sites for hydroxylation is 2. The molecule has 1 N–H and O–H groups in total. The van der Waals surface area contributed by atoms with Gasteiger partial charge in [-0.1, -0.05) is 30.8 Å². The van der Waals surface area contributed by atoms with E-state index >= 15 is 0 Å². The van der Waals surface area contributed by atoms with E-state index in [1.807, 2.05) is 38.1 Å². The second-order valence-electron chi connectivity index (χ2n) is 5.93. The Balaban J connectivity index is 1.63. The van der Waals surface area contributed by atoms with Gasteiger partial charge in [-0.05, 0) is 50.8 Å². The lowest BCUT2D eigenvalue weighted by Crippen LogP contribution is -2.23. The Hall–Kier alpha value is -1.82. The first kappa shape index (κ1) is 16.1. The molecule has 122 valence electrons. The van der Waals surface area contributed by atoms with Gasteiger partial charge in [-0.25, -0.2) is 0 Å². The van der Waals surface area contributed by atoms with E-state index in [-0.39, 0.29) is 11.2 Å². The maximum atomic E-state index is 12.4. The number of nitrogens with zero attached hydrogens (tertiary/aromatic N) is 3. The zero-order valence-electron chi connectivity index (χ0n) is 13.7. The molecule has 1 atom stereocenters. The Kier molecular flexibility index (Phi) is 4.71. The molecule has 23 heavy (non-hydrogen) atoms. The molecule has 1 aromatic heterocycles. The molecule has 0 spiro atoms. The van der Waals surface area contributed by atoms with Gasteiger partial charge in [-0.2, -0.15) is 0 Å². The zero-order valence-corrected chi connectivity index (χ0v) is 14.6. The fraction of sp³-hybridized carbons (Fsp3) is 0.471. The summed E-state index contributed by atoms with van der Waals surface area (Å²) in [5, 5.41) is 12.0. The van der Waals surface area contributed by atoms with Crippen molar-refractivity contribution in [3.63, 3.8) is 0 Å². The molecule has 0 radical (unpaired) electrons. The summed E-state index contributed by atoms with van der Waals surface area (Å²) >= 11 is 1.47. The first-order valence-electron chi connectivity index (χ1n) is 8.06. The highest BCUT2D eigenvalue weighted by molar-refractivity contribution is 8.00. The van der Waals surface area contributed by atoms with Gasteiger partial charge in [-0.3, -0.25) is 4.79 Å². The molecule has 0 bridgehead atoms. The number of nitrogens with one attached hydrogen (secondary N) is 1. The number of rotatable bonds is 6. The van der Waals surface area contributed by atoms with Crippen molar-refractivity contribution >= 4 is 23.4 Å². The summed E-state index contributed by atoms with van der Waals surface area (Å²) in [5.74, 6) is 0.917. The van der Waals surface area contributed by atoms with E-state index in [1.165, 1.54) is 30.2 Å². The van der Waals surface area contributed by atoms with Crippen LogP contribution in [0.3, 0.4) is 0 Å². The Morgan fingerprint density at radius 2 is 2.04 bits per heavy atom. The highest BCUT2D eigenvalue weighted by Crippen LogP contribution is 2.39. The predicted octanol–water partition coefficient (Wildman–Crippen LogP) is 3.60. The molecule has 6 heteroatoms. The standard InChI is InChI=1S/C17H22N4OS/c1-4-13-5-7-14(8-6-13)18-16(22)11(2)23-17-20-19-12(3)21(17)15-9-10-15/h5-8,11,15H,4,9-10H2,1-3H3,(H,18,22)/t11-/m0/s1. The summed E-state index contributed by atoms with van der Waals surface area (Å²) in [6, 6.07) is 8.50. The zero-order chi connectivity index (χ0) is 16.4. The summed E-state index contributed by atoms with van der Waals surface area (Å²) in [6.07, 6.45) is 3.35. The van der Waals surface area contributed by atoms with Crippen molar-refractivity contribution in [3.8, 4) is 0 Å². The molecular formula is C17H22N4OS. The average molecular weight is 330 g/mol.